The molecule has 0 aliphatic carbocycles. The highest BCUT2D eigenvalue weighted by Crippen LogP contribution is 2.26. The number of ether oxygens (including phenoxy) is 1. The molecule has 0 bridgehead atoms. The number of amides is 2. The lowest BCUT2D eigenvalue weighted by molar-refractivity contribution is -0.384. The second-order valence-electron chi connectivity index (χ2n) is 6.82. The van der Waals surface area contributed by atoms with Crippen molar-refractivity contribution in [1.82, 2.24) is 4.90 Å². The summed E-state index contributed by atoms with van der Waals surface area (Å²) in [6.07, 6.45) is -0.880. The number of carbonyl (C=O) groups excluding carboxylic acids is 2. The summed E-state index contributed by atoms with van der Waals surface area (Å²) in [6, 6.07) is 11.8. The van der Waals surface area contributed by atoms with E-state index in [1.54, 1.807) is 51.1 Å². The van der Waals surface area contributed by atoms with Crippen molar-refractivity contribution in [3.8, 4) is 5.75 Å². The second-order valence-corrected chi connectivity index (χ2v) is 6.82. The summed E-state index contributed by atoms with van der Waals surface area (Å²) in [7, 11) is 0. The molecule has 0 spiro atoms. The summed E-state index contributed by atoms with van der Waals surface area (Å²) in [6.45, 7) is 4.92. The minimum absolute atomic E-state index is 0.0784. The zero-order chi connectivity index (χ0) is 20.2. The zero-order valence-electron chi connectivity index (χ0n) is 15.2. The first kappa shape index (κ1) is 19.9. The Kier molecular flexibility index (Phi) is 5.79. The van der Waals surface area contributed by atoms with Gasteiger partial charge in [-0.2, -0.15) is 0 Å². The van der Waals surface area contributed by atoms with Crippen LogP contribution in [-0.2, 0) is 11.3 Å². The quantitative estimate of drug-likeness (QED) is 0.644. The Morgan fingerprint density at radius 1 is 1.15 bits per heavy atom. The van der Waals surface area contributed by atoms with Crippen LogP contribution < -0.4 is 0 Å². The summed E-state index contributed by atoms with van der Waals surface area (Å²) in [4.78, 5) is 36.4. The molecule has 0 saturated carbocycles. The fourth-order valence-electron chi connectivity index (χ4n) is 2.26. The number of nitrogens with zero attached hydrogens (tertiary/aromatic N) is 2. The minimum Gasteiger partial charge on any atom is -0.507 e. The third kappa shape index (κ3) is 5.27. The minimum atomic E-state index is -0.880. The number of aromatic hydroxyl groups is 1. The van der Waals surface area contributed by atoms with Crippen LogP contribution in [-0.4, -0.2) is 32.5 Å². The van der Waals surface area contributed by atoms with E-state index in [1.165, 1.54) is 0 Å². The van der Waals surface area contributed by atoms with Gasteiger partial charge in [-0.1, -0.05) is 30.3 Å². The molecule has 0 aliphatic rings. The molecule has 2 amide bonds. The van der Waals surface area contributed by atoms with E-state index < -0.39 is 28.3 Å². The van der Waals surface area contributed by atoms with Crippen molar-refractivity contribution in [3.05, 3.63) is 69.8 Å². The van der Waals surface area contributed by atoms with E-state index in [4.69, 9.17) is 4.74 Å². The summed E-state index contributed by atoms with van der Waals surface area (Å²) >= 11 is 0. The normalized spacial score (nSPS) is 10.9. The maximum atomic E-state index is 12.9. The van der Waals surface area contributed by atoms with E-state index in [2.05, 4.69) is 0 Å². The Morgan fingerprint density at radius 2 is 1.78 bits per heavy atom. The van der Waals surface area contributed by atoms with Gasteiger partial charge in [0.05, 0.1) is 23.1 Å². The molecule has 2 aromatic rings. The van der Waals surface area contributed by atoms with E-state index in [9.17, 15) is 24.8 Å². The van der Waals surface area contributed by atoms with Crippen molar-refractivity contribution < 1.29 is 24.4 Å². The SMILES string of the molecule is CC(C)(C)OC(=O)N(Cc1ccccc1)C(=O)c1ccc([N+](=O)[O-])cc1O. The van der Waals surface area contributed by atoms with E-state index in [0.717, 1.165) is 23.1 Å². The van der Waals surface area contributed by atoms with Gasteiger partial charge in [-0.15, -0.1) is 0 Å². The molecule has 8 nitrogen and oxygen atoms in total. The average molecular weight is 372 g/mol. The van der Waals surface area contributed by atoms with E-state index in [-0.39, 0.29) is 17.8 Å². The topological polar surface area (TPSA) is 110 Å². The van der Waals surface area contributed by atoms with Gasteiger partial charge in [-0.05, 0) is 32.4 Å². The predicted molar refractivity (Wildman–Crippen MR) is 97.3 cm³/mol. The molecule has 142 valence electrons. The molecular formula is C19H20N2O6. The van der Waals surface area contributed by atoms with Gasteiger partial charge >= 0.3 is 6.09 Å². The highest BCUT2D eigenvalue weighted by Gasteiger charge is 2.30. The number of hydrogen-bond acceptors (Lipinski definition) is 6. The average Bonchev–Trinajstić information content (AvgIpc) is 2.58. The number of imide groups is 1. The van der Waals surface area contributed by atoms with Gasteiger partial charge in [0.2, 0.25) is 0 Å². The molecule has 2 rings (SSSR count). The number of phenolic OH excluding ortho intramolecular Hbond substituents is 1. The highest BCUT2D eigenvalue weighted by molar-refractivity contribution is 6.04. The van der Waals surface area contributed by atoms with Crippen molar-refractivity contribution >= 4 is 17.7 Å². The van der Waals surface area contributed by atoms with Crippen molar-refractivity contribution in [3.63, 3.8) is 0 Å². The molecule has 2 aromatic carbocycles. The number of nitro groups is 1. The zero-order valence-corrected chi connectivity index (χ0v) is 15.2. The van der Waals surface area contributed by atoms with Gasteiger partial charge in [0.25, 0.3) is 11.6 Å². The molecule has 0 unspecified atom stereocenters. The molecular weight excluding hydrogens is 352 g/mol. The van der Waals surface area contributed by atoms with Gasteiger partial charge in [0.15, 0.2) is 0 Å². The van der Waals surface area contributed by atoms with Crippen molar-refractivity contribution in [2.75, 3.05) is 0 Å². The number of carbonyl (C=O) groups is 2. The molecule has 0 aromatic heterocycles. The van der Waals surface area contributed by atoms with Gasteiger partial charge < -0.3 is 9.84 Å². The Labute approximate surface area is 156 Å². The summed E-state index contributed by atoms with van der Waals surface area (Å²) in [5.74, 6) is -1.41. The number of non-ortho nitro benzene ring substituents is 1. The first-order chi connectivity index (χ1) is 12.6. The smallest absolute Gasteiger partial charge is 0.417 e. The first-order valence-electron chi connectivity index (χ1n) is 8.14. The Bertz CT molecular complexity index is 858. The number of nitro benzene ring substituents is 1. The van der Waals surface area contributed by atoms with Gasteiger partial charge in [-0.25, -0.2) is 9.69 Å². The molecule has 27 heavy (non-hydrogen) atoms. The van der Waals surface area contributed by atoms with Gasteiger partial charge in [0.1, 0.15) is 11.4 Å². The van der Waals surface area contributed by atoms with Crippen LogP contribution in [0, 0.1) is 10.1 Å². The maximum absolute atomic E-state index is 12.9. The lowest BCUT2D eigenvalue weighted by atomic mass is 10.1. The lowest BCUT2D eigenvalue weighted by Gasteiger charge is -2.26. The molecule has 0 fully saturated rings. The molecule has 0 heterocycles. The Hall–Kier alpha value is -3.42. The summed E-state index contributed by atoms with van der Waals surface area (Å²) in [5, 5.41) is 20.8. The van der Waals surface area contributed by atoms with Crippen LogP contribution in [0.5, 0.6) is 5.75 Å². The Morgan fingerprint density at radius 3 is 2.30 bits per heavy atom. The van der Waals surface area contributed by atoms with Gasteiger partial charge in [0, 0.05) is 6.07 Å². The van der Waals surface area contributed by atoms with Crippen molar-refractivity contribution in [2.24, 2.45) is 0 Å². The number of phenols is 1. The van der Waals surface area contributed by atoms with E-state index in [1.807, 2.05) is 0 Å². The van der Waals surface area contributed by atoms with Crippen LogP contribution in [0.25, 0.3) is 0 Å². The maximum Gasteiger partial charge on any atom is 0.417 e. The standard InChI is InChI=1S/C19H20N2O6/c1-19(2,3)27-18(24)20(12-13-7-5-4-6-8-13)17(23)15-10-9-14(21(25)26)11-16(15)22/h4-11,22H,12H2,1-3H3. The fourth-order valence-corrected chi connectivity index (χ4v) is 2.26. The van der Waals surface area contributed by atoms with E-state index >= 15 is 0 Å². The van der Waals surface area contributed by atoms with Crippen LogP contribution in [0.15, 0.2) is 48.5 Å². The van der Waals surface area contributed by atoms with Crippen LogP contribution in [0.1, 0.15) is 36.7 Å². The molecule has 1 N–H and O–H groups in total. The van der Waals surface area contributed by atoms with Crippen LogP contribution in [0.2, 0.25) is 0 Å². The monoisotopic (exact) mass is 372 g/mol. The Balaban J connectivity index is 2.38. The largest absolute Gasteiger partial charge is 0.507 e. The third-order valence-electron chi connectivity index (χ3n) is 3.47. The van der Waals surface area contributed by atoms with Crippen LogP contribution in [0.4, 0.5) is 10.5 Å². The first-order valence-corrected chi connectivity index (χ1v) is 8.14. The number of hydrogen-bond donors (Lipinski definition) is 1. The van der Waals surface area contributed by atoms with Crippen molar-refractivity contribution in [1.29, 1.82) is 0 Å². The second kappa shape index (κ2) is 7.86. The summed E-state index contributed by atoms with van der Waals surface area (Å²) < 4.78 is 5.29. The molecule has 8 heteroatoms. The highest BCUT2D eigenvalue weighted by atomic mass is 16.6. The molecule has 0 aliphatic heterocycles. The molecule has 0 saturated heterocycles. The summed E-state index contributed by atoms with van der Waals surface area (Å²) in [5.41, 5.74) is -0.750. The van der Waals surface area contributed by atoms with Crippen LogP contribution >= 0.6 is 0 Å². The third-order valence-corrected chi connectivity index (χ3v) is 3.47. The predicted octanol–water partition coefficient (Wildman–Crippen LogP) is 3.88. The molecule has 0 atom stereocenters. The van der Waals surface area contributed by atoms with Crippen molar-refractivity contribution in [2.45, 2.75) is 32.9 Å². The number of rotatable bonds is 4. The van der Waals surface area contributed by atoms with Gasteiger partial charge in [-0.3, -0.25) is 14.9 Å². The van der Waals surface area contributed by atoms with E-state index in [0.29, 0.717) is 5.56 Å². The number of benzene rings is 2. The molecule has 0 radical (unpaired) electrons. The van der Waals surface area contributed by atoms with Crippen LogP contribution in [0.3, 0.4) is 0 Å². The lowest BCUT2D eigenvalue weighted by Crippen LogP contribution is -2.40. The fraction of sp³-hybridized carbons (Fsp3) is 0.263.